The molecule has 0 spiro atoms. The second-order valence-corrected chi connectivity index (χ2v) is 3.69. The van der Waals surface area contributed by atoms with Gasteiger partial charge in [-0.2, -0.15) is 12.6 Å². The summed E-state index contributed by atoms with van der Waals surface area (Å²) in [6.45, 7) is 6.52. The Morgan fingerprint density at radius 1 is 1.40 bits per heavy atom. The SMILES string of the molecule is CC1=CC(S)CC(C)=C1C. The number of allylic oxidation sites excluding steroid dienone is 3. The van der Waals surface area contributed by atoms with Crippen molar-refractivity contribution in [1.82, 2.24) is 0 Å². The van der Waals surface area contributed by atoms with Gasteiger partial charge in [-0.05, 0) is 32.8 Å². The zero-order valence-electron chi connectivity index (χ0n) is 6.81. The minimum atomic E-state index is 0.448. The van der Waals surface area contributed by atoms with E-state index in [-0.39, 0.29) is 0 Å². The molecule has 0 N–H and O–H groups in total. The van der Waals surface area contributed by atoms with Gasteiger partial charge in [0.2, 0.25) is 0 Å². The molecular formula is C9H14S. The van der Waals surface area contributed by atoms with Crippen molar-refractivity contribution in [3.63, 3.8) is 0 Å². The van der Waals surface area contributed by atoms with Gasteiger partial charge in [0, 0.05) is 5.25 Å². The minimum absolute atomic E-state index is 0.448. The molecule has 1 heteroatoms. The second kappa shape index (κ2) is 2.83. The van der Waals surface area contributed by atoms with Crippen molar-refractivity contribution in [2.45, 2.75) is 32.4 Å². The van der Waals surface area contributed by atoms with Gasteiger partial charge in [-0.25, -0.2) is 0 Å². The molecule has 0 fully saturated rings. The number of thiol groups is 1. The van der Waals surface area contributed by atoms with Gasteiger partial charge < -0.3 is 0 Å². The Labute approximate surface area is 68.4 Å². The van der Waals surface area contributed by atoms with Gasteiger partial charge in [0.15, 0.2) is 0 Å². The lowest BCUT2D eigenvalue weighted by atomic mass is 9.94. The van der Waals surface area contributed by atoms with Crippen molar-refractivity contribution >= 4 is 12.6 Å². The molecule has 1 rings (SSSR count). The second-order valence-electron chi connectivity index (χ2n) is 3.03. The summed E-state index contributed by atoms with van der Waals surface area (Å²) in [6, 6.07) is 0. The Kier molecular flexibility index (Phi) is 2.24. The maximum atomic E-state index is 4.41. The van der Waals surface area contributed by atoms with Gasteiger partial charge in [-0.3, -0.25) is 0 Å². The average Bonchev–Trinajstić information content (AvgIpc) is 1.82. The van der Waals surface area contributed by atoms with E-state index < -0.39 is 0 Å². The van der Waals surface area contributed by atoms with E-state index in [9.17, 15) is 0 Å². The summed E-state index contributed by atoms with van der Waals surface area (Å²) in [4.78, 5) is 0. The van der Waals surface area contributed by atoms with E-state index in [1.54, 1.807) is 0 Å². The van der Waals surface area contributed by atoms with E-state index in [4.69, 9.17) is 0 Å². The van der Waals surface area contributed by atoms with Gasteiger partial charge in [-0.15, -0.1) is 0 Å². The van der Waals surface area contributed by atoms with Crippen LogP contribution in [0, 0.1) is 0 Å². The van der Waals surface area contributed by atoms with Crippen molar-refractivity contribution in [3.8, 4) is 0 Å². The van der Waals surface area contributed by atoms with Crippen LogP contribution in [0.2, 0.25) is 0 Å². The fraction of sp³-hybridized carbons (Fsp3) is 0.556. The van der Waals surface area contributed by atoms with Crippen LogP contribution in [0.5, 0.6) is 0 Å². The molecule has 1 aliphatic rings. The van der Waals surface area contributed by atoms with Crippen LogP contribution in [-0.4, -0.2) is 5.25 Å². The average molecular weight is 154 g/mol. The Morgan fingerprint density at radius 2 is 2.00 bits per heavy atom. The van der Waals surface area contributed by atoms with Crippen molar-refractivity contribution in [1.29, 1.82) is 0 Å². The van der Waals surface area contributed by atoms with E-state index in [0.717, 1.165) is 6.42 Å². The molecule has 0 bridgehead atoms. The molecule has 0 aromatic rings. The van der Waals surface area contributed by atoms with Gasteiger partial charge in [0.25, 0.3) is 0 Å². The predicted molar refractivity (Wildman–Crippen MR) is 49.5 cm³/mol. The molecular weight excluding hydrogens is 140 g/mol. The summed E-state index contributed by atoms with van der Waals surface area (Å²) in [5.74, 6) is 0. The van der Waals surface area contributed by atoms with E-state index in [0.29, 0.717) is 5.25 Å². The van der Waals surface area contributed by atoms with Crippen molar-refractivity contribution in [3.05, 3.63) is 22.8 Å². The zero-order chi connectivity index (χ0) is 7.72. The largest absolute Gasteiger partial charge is 0.171 e. The first kappa shape index (κ1) is 7.93. The molecule has 56 valence electrons. The third kappa shape index (κ3) is 1.46. The molecule has 0 aromatic carbocycles. The summed E-state index contributed by atoms with van der Waals surface area (Å²) in [7, 11) is 0. The molecule has 10 heavy (non-hydrogen) atoms. The van der Waals surface area contributed by atoms with Gasteiger partial charge in [-0.1, -0.05) is 17.2 Å². The van der Waals surface area contributed by atoms with Crippen LogP contribution in [0.15, 0.2) is 22.8 Å². The van der Waals surface area contributed by atoms with Crippen LogP contribution < -0.4 is 0 Å². The molecule has 0 nitrogen and oxygen atoms in total. The monoisotopic (exact) mass is 154 g/mol. The normalized spacial score (nSPS) is 26.8. The minimum Gasteiger partial charge on any atom is -0.171 e. The molecule has 1 atom stereocenters. The molecule has 0 saturated heterocycles. The maximum absolute atomic E-state index is 4.41. The maximum Gasteiger partial charge on any atom is 0.0239 e. The topological polar surface area (TPSA) is 0 Å². The lowest BCUT2D eigenvalue weighted by Crippen LogP contribution is -2.04. The Morgan fingerprint density at radius 3 is 2.50 bits per heavy atom. The molecule has 1 aliphatic carbocycles. The highest BCUT2D eigenvalue weighted by molar-refractivity contribution is 7.81. The van der Waals surface area contributed by atoms with Crippen molar-refractivity contribution < 1.29 is 0 Å². The van der Waals surface area contributed by atoms with Crippen LogP contribution in [0.25, 0.3) is 0 Å². The van der Waals surface area contributed by atoms with Gasteiger partial charge in [0.05, 0.1) is 0 Å². The van der Waals surface area contributed by atoms with Crippen LogP contribution >= 0.6 is 12.6 Å². The predicted octanol–water partition coefficient (Wildman–Crippen LogP) is 2.97. The Hall–Kier alpha value is -0.170. The highest BCUT2D eigenvalue weighted by Crippen LogP contribution is 2.26. The molecule has 0 heterocycles. The highest BCUT2D eigenvalue weighted by atomic mass is 32.1. The molecule has 0 saturated carbocycles. The van der Waals surface area contributed by atoms with Crippen LogP contribution in [-0.2, 0) is 0 Å². The summed E-state index contributed by atoms with van der Waals surface area (Å²) in [5.41, 5.74) is 4.33. The van der Waals surface area contributed by atoms with Crippen LogP contribution in [0.1, 0.15) is 27.2 Å². The summed E-state index contributed by atoms with van der Waals surface area (Å²) < 4.78 is 0. The highest BCUT2D eigenvalue weighted by Gasteiger charge is 2.10. The first-order valence-electron chi connectivity index (χ1n) is 3.64. The molecule has 0 radical (unpaired) electrons. The first-order chi connectivity index (χ1) is 4.61. The van der Waals surface area contributed by atoms with E-state index in [1.807, 2.05) is 0 Å². The third-order valence-corrected chi connectivity index (χ3v) is 2.52. The zero-order valence-corrected chi connectivity index (χ0v) is 7.70. The van der Waals surface area contributed by atoms with Crippen LogP contribution in [0.4, 0.5) is 0 Å². The lowest BCUT2D eigenvalue weighted by molar-refractivity contribution is 0.938. The molecule has 0 aromatic heterocycles. The first-order valence-corrected chi connectivity index (χ1v) is 4.16. The molecule has 0 amide bonds. The molecule has 0 aliphatic heterocycles. The summed E-state index contributed by atoms with van der Waals surface area (Å²) in [6.07, 6.45) is 3.34. The van der Waals surface area contributed by atoms with E-state index in [1.165, 1.54) is 16.7 Å². The Bertz CT molecular complexity index is 199. The van der Waals surface area contributed by atoms with Crippen LogP contribution in [0.3, 0.4) is 0 Å². The third-order valence-electron chi connectivity index (χ3n) is 2.19. The Balaban J connectivity index is 2.90. The number of hydrogen-bond acceptors (Lipinski definition) is 1. The fourth-order valence-corrected chi connectivity index (χ4v) is 1.77. The lowest BCUT2D eigenvalue weighted by Gasteiger charge is -2.17. The summed E-state index contributed by atoms with van der Waals surface area (Å²) in [5, 5.41) is 0.448. The summed E-state index contributed by atoms with van der Waals surface area (Å²) >= 11 is 4.41. The van der Waals surface area contributed by atoms with Crippen molar-refractivity contribution in [2.75, 3.05) is 0 Å². The van der Waals surface area contributed by atoms with Gasteiger partial charge >= 0.3 is 0 Å². The quantitative estimate of drug-likeness (QED) is 0.509. The standard InChI is InChI=1S/C9H14S/c1-6-4-9(10)5-7(2)8(6)3/h4,9-10H,5H2,1-3H3. The number of hydrogen-bond donors (Lipinski definition) is 1. The smallest absolute Gasteiger partial charge is 0.0239 e. The molecule has 1 unspecified atom stereocenters. The number of rotatable bonds is 0. The van der Waals surface area contributed by atoms with E-state index >= 15 is 0 Å². The van der Waals surface area contributed by atoms with Crippen molar-refractivity contribution in [2.24, 2.45) is 0 Å². The van der Waals surface area contributed by atoms with E-state index in [2.05, 4.69) is 39.5 Å². The van der Waals surface area contributed by atoms with Gasteiger partial charge in [0.1, 0.15) is 0 Å². The fourth-order valence-electron chi connectivity index (χ4n) is 1.28.